The highest BCUT2D eigenvalue weighted by molar-refractivity contribution is 6.36. The number of hydrogen-bond acceptors (Lipinski definition) is 3. The summed E-state index contributed by atoms with van der Waals surface area (Å²) in [6, 6.07) is 2.90. The summed E-state index contributed by atoms with van der Waals surface area (Å²) in [5.74, 6) is -0.767. The summed E-state index contributed by atoms with van der Waals surface area (Å²) in [5, 5.41) is 9.03. The third-order valence-corrected chi connectivity index (χ3v) is 2.94. The van der Waals surface area contributed by atoms with Crippen LogP contribution in [0, 0.1) is 0 Å². The van der Waals surface area contributed by atoms with E-state index in [0.29, 0.717) is 10.8 Å². The first kappa shape index (κ1) is 14.8. The zero-order chi connectivity index (χ0) is 13.7. The maximum Gasteiger partial charge on any atom is 0.303 e. The number of ketones is 1. The number of rotatable bonds is 6. The molecule has 0 unspecified atom stereocenters. The Morgan fingerprint density at radius 1 is 1.22 bits per heavy atom. The Hall–Kier alpha value is -1.26. The van der Waals surface area contributed by atoms with Crippen LogP contribution in [0.2, 0.25) is 10.0 Å². The molecule has 4 nitrogen and oxygen atoms in total. The van der Waals surface area contributed by atoms with Gasteiger partial charge in [0.25, 0.3) is 0 Å². The van der Waals surface area contributed by atoms with Crippen LogP contribution in [0.4, 0.5) is 0 Å². The SMILES string of the molecule is COc1cc(Cl)c(C(=O)CCCC(=O)O)cc1Cl. The van der Waals surface area contributed by atoms with Crippen LogP contribution < -0.4 is 4.74 Å². The molecule has 0 amide bonds. The van der Waals surface area contributed by atoms with E-state index in [1.807, 2.05) is 0 Å². The summed E-state index contributed by atoms with van der Waals surface area (Å²) < 4.78 is 4.97. The molecular weight excluding hydrogens is 279 g/mol. The van der Waals surface area contributed by atoms with Crippen LogP contribution in [-0.4, -0.2) is 24.0 Å². The van der Waals surface area contributed by atoms with Crippen LogP contribution in [0.5, 0.6) is 5.75 Å². The van der Waals surface area contributed by atoms with Gasteiger partial charge in [-0.05, 0) is 12.5 Å². The molecule has 0 aliphatic heterocycles. The highest BCUT2D eigenvalue weighted by atomic mass is 35.5. The third-order valence-electron chi connectivity index (χ3n) is 2.34. The summed E-state index contributed by atoms with van der Waals surface area (Å²) in [7, 11) is 1.45. The van der Waals surface area contributed by atoms with Crippen molar-refractivity contribution in [2.75, 3.05) is 7.11 Å². The molecule has 1 N–H and O–H groups in total. The van der Waals surface area contributed by atoms with Gasteiger partial charge in [0, 0.05) is 24.5 Å². The molecule has 1 rings (SSSR count). The highest BCUT2D eigenvalue weighted by Crippen LogP contribution is 2.31. The number of hydrogen-bond donors (Lipinski definition) is 1. The fraction of sp³-hybridized carbons (Fsp3) is 0.333. The monoisotopic (exact) mass is 290 g/mol. The Morgan fingerprint density at radius 2 is 1.89 bits per heavy atom. The smallest absolute Gasteiger partial charge is 0.303 e. The van der Waals surface area contributed by atoms with Crippen molar-refractivity contribution in [3.05, 3.63) is 27.7 Å². The van der Waals surface area contributed by atoms with Crippen molar-refractivity contribution in [1.29, 1.82) is 0 Å². The van der Waals surface area contributed by atoms with Crippen molar-refractivity contribution in [1.82, 2.24) is 0 Å². The summed E-state index contributed by atoms with van der Waals surface area (Å²) in [6.45, 7) is 0. The fourth-order valence-electron chi connectivity index (χ4n) is 1.43. The average molecular weight is 291 g/mol. The molecule has 0 saturated carbocycles. The number of ether oxygens (including phenoxy) is 1. The Bertz CT molecular complexity index is 471. The molecule has 0 bridgehead atoms. The number of carbonyl (C=O) groups is 2. The van der Waals surface area contributed by atoms with Gasteiger partial charge in [-0.1, -0.05) is 23.2 Å². The molecule has 0 radical (unpaired) electrons. The van der Waals surface area contributed by atoms with Crippen LogP contribution in [0.1, 0.15) is 29.6 Å². The average Bonchev–Trinajstić information content (AvgIpc) is 2.30. The molecule has 0 saturated heterocycles. The van der Waals surface area contributed by atoms with Gasteiger partial charge in [-0.25, -0.2) is 0 Å². The largest absolute Gasteiger partial charge is 0.495 e. The maximum absolute atomic E-state index is 11.8. The van der Waals surface area contributed by atoms with Gasteiger partial charge in [-0.3, -0.25) is 9.59 Å². The van der Waals surface area contributed by atoms with E-state index >= 15 is 0 Å². The molecule has 98 valence electrons. The molecule has 0 fully saturated rings. The normalized spacial score (nSPS) is 10.2. The molecule has 18 heavy (non-hydrogen) atoms. The lowest BCUT2D eigenvalue weighted by atomic mass is 10.1. The number of carbonyl (C=O) groups excluding carboxylic acids is 1. The molecular formula is C12H12Cl2O4. The van der Waals surface area contributed by atoms with E-state index in [9.17, 15) is 9.59 Å². The van der Waals surface area contributed by atoms with Gasteiger partial charge in [0.1, 0.15) is 5.75 Å². The first-order valence-corrected chi connectivity index (χ1v) is 5.99. The first-order chi connectivity index (χ1) is 8.45. The quantitative estimate of drug-likeness (QED) is 0.815. The Labute approximate surface area is 114 Å². The van der Waals surface area contributed by atoms with Gasteiger partial charge in [-0.2, -0.15) is 0 Å². The van der Waals surface area contributed by atoms with Gasteiger partial charge in [0.2, 0.25) is 0 Å². The second-order valence-electron chi connectivity index (χ2n) is 3.64. The summed E-state index contributed by atoms with van der Waals surface area (Å²) in [5.41, 5.74) is 0.285. The maximum atomic E-state index is 11.8. The van der Waals surface area contributed by atoms with Crippen molar-refractivity contribution in [3.8, 4) is 5.75 Å². The Balaban J connectivity index is 2.80. The summed E-state index contributed by atoms with van der Waals surface area (Å²) >= 11 is 11.8. The van der Waals surface area contributed by atoms with Crippen LogP contribution in [-0.2, 0) is 4.79 Å². The van der Waals surface area contributed by atoms with Crippen molar-refractivity contribution < 1.29 is 19.4 Å². The number of Topliss-reactive ketones (excluding diaryl/α,β-unsaturated/α-hetero) is 1. The summed E-state index contributed by atoms with van der Waals surface area (Å²) in [4.78, 5) is 22.2. The van der Waals surface area contributed by atoms with Gasteiger partial charge < -0.3 is 9.84 Å². The second-order valence-corrected chi connectivity index (χ2v) is 4.45. The lowest BCUT2D eigenvalue weighted by Crippen LogP contribution is -2.03. The molecule has 0 aromatic heterocycles. The van der Waals surface area contributed by atoms with Crippen LogP contribution in [0.25, 0.3) is 0 Å². The standard InChI is InChI=1S/C12H12Cl2O4/c1-18-11-6-8(13)7(5-9(11)14)10(15)3-2-4-12(16)17/h5-6H,2-4H2,1H3,(H,16,17). The molecule has 1 aromatic carbocycles. The minimum absolute atomic E-state index is 0.0484. The molecule has 0 spiro atoms. The predicted molar refractivity (Wildman–Crippen MR) is 68.8 cm³/mol. The minimum Gasteiger partial charge on any atom is -0.495 e. The van der Waals surface area contributed by atoms with E-state index in [4.69, 9.17) is 33.0 Å². The topological polar surface area (TPSA) is 63.6 Å². The third kappa shape index (κ3) is 3.89. The second kappa shape index (κ2) is 6.61. The van der Waals surface area contributed by atoms with E-state index in [1.54, 1.807) is 0 Å². The van der Waals surface area contributed by atoms with Gasteiger partial charge in [0.05, 0.1) is 17.2 Å². The number of aliphatic carboxylic acids is 1. The number of halogens is 2. The lowest BCUT2D eigenvalue weighted by Gasteiger charge is -2.08. The van der Waals surface area contributed by atoms with Gasteiger partial charge >= 0.3 is 5.97 Å². The van der Waals surface area contributed by atoms with Gasteiger partial charge in [-0.15, -0.1) is 0 Å². The fourth-order valence-corrected chi connectivity index (χ4v) is 1.93. The van der Waals surface area contributed by atoms with Crippen molar-refractivity contribution in [2.24, 2.45) is 0 Å². The van der Waals surface area contributed by atoms with Crippen molar-refractivity contribution in [2.45, 2.75) is 19.3 Å². The molecule has 0 heterocycles. The first-order valence-electron chi connectivity index (χ1n) is 5.23. The van der Waals surface area contributed by atoms with Crippen molar-refractivity contribution in [3.63, 3.8) is 0 Å². The van der Waals surface area contributed by atoms with E-state index in [-0.39, 0.29) is 35.6 Å². The lowest BCUT2D eigenvalue weighted by molar-refractivity contribution is -0.137. The zero-order valence-corrected chi connectivity index (χ0v) is 11.2. The van der Waals surface area contributed by atoms with E-state index in [1.165, 1.54) is 19.2 Å². The van der Waals surface area contributed by atoms with Crippen molar-refractivity contribution >= 4 is 35.0 Å². The number of carboxylic acids is 1. The number of methoxy groups -OCH3 is 1. The predicted octanol–water partition coefficient (Wildman–Crippen LogP) is 3.44. The minimum atomic E-state index is -0.929. The molecule has 0 atom stereocenters. The van der Waals surface area contributed by atoms with E-state index < -0.39 is 5.97 Å². The number of carboxylic acid groups (broad SMARTS) is 1. The molecule has 0 aliphatic carbocycles. The molecule has 6 heteroatoms. The van der Waals surface area contributed by atoms with Crippen LogP contribution >= 0.6 is 23.2 Å². The Kier molecular flexibility index (Phi) is 5.44. The van der Waals surface area contributed by atoms with Gasteiger partial charge in [0.15, 0.2) is 5.78 Å². The molecule has 0 aliphatic rings. The zero-order valence-electron chi connectivity index (χ0n) is 9.70. The Morgan fingerprint density at radius 3 is 2.44 bits per heavy atom. The van der Waals surface area contributed by atoms with Crippen LogP contribution in [0.15, 0.2) is 12.1 Å². The molecule has 1 aromatic rings. The van der Waals surface area contributed by atoms with E-state index in [2.05, 4.69) is 0 Å². The number of benzene rings is 1. The summed E-state index contributed by atoms with van der Waals surface area (Å²) in [6.07, 6.45) is 0.343. The van der Waals surface area contributed by atoms with Crippen LogP contribution in [0.3, 0.4) is 0 Å². The highest BCUT2D eigenvalue weighted by Gasteiger charge is 2.14. The van der Waals surface area contributed by atoms with E-state index in [0.717, 1.165) is 0 Å².